The molecule has 19 heavy (non-hydrogen) atoms. The minimum atomic E-state index is -3.26. The average Bonchev–Trinajstić information content (AvgIpc) is 2.23. The van der Waals surface area contributed by atoms with E-state index in [0.717, 1.165) is 6.26 Å². The second-order valence-corrected chi connectivity index (χ2v) is 7.76. The third kappa shape index (κ3) is 6.42. The predicted molar refractivity (Wildman–Crippen MR) is 71.8 cm³/mol. The summed E-state index contributed by atoms with van der Waals surface area (Å²) in [7, 11) is -1.73. The van der Waals surface area contributed by atoms with E-state index in [1.54, 1.807) is 0 Å². The fourth-order valence-electron chi connectivity index (χ4n) is 1.12. The second-order valence-electron chi connectivity index (χ2n) is 5.11. The maximum Gasteiger partial charge on any atom is 0.317 e. The van der Waals surface area contributed by atoms with Crippen molar-refractivity contribution in [2.45, 2.75) is 31.4 Å². The molecule has 0 atom stereocenters. The van der Waals surface area contributed by atoms with Gasteiger partial charge in [-0.05, 0) is 20.3 Å². The molecule has 0 saturated carbocycles. The van der Waals surface area contributed by atoms with Gasteiger partial charge in [-0.3, -0.25) is 4.79 Å². The van der Waals surface area contributed by atoms with Crippen molar-refractivity contribution < 1.29 is 23.1 Å². The van der Waals surface area contributed by atoms with Crippen LogP contribution < -0.4 is 5.32 Å². The van der Waals surface area contributed by atoms with Crippen LogP contribution in [0.3, 0.4) is 0 Å². The first-order valence-electron chi connectivity index (χ1n) is 5.88. The molecule has 0 spiro atoms. The SMILES string of the molecule is CN(CCCC(=O)O)C(=O)NCC(C)(C)S(C)(=O)=O. The van der Waals surface area contributed by atoms with Crippen LogP contribution in [0.5, 0.6) is 0 Å². The van der Waals surface area contributed by atoms with Crippen LogP contribution in [0.1, 0.15) is 26.7 Å². The number of nitrogens with one attached hydrogen (secondary N) is 1. The number of hydrogen-bond acceptors (Lipinski definition) is 4. The largest absolute Gasteiger partial charge is 0.481 e. The fourth-order valence-corrected chi connectivity index (χ4v) is 1.46. The highest BCUT2D eigenvalue weighted by Gasteiger charge is 2.30. The fraction of sp³-hybridized carbons (Fsp3) is 0.818. The maximum absolute atomic E-state index is 11.7. The van der Waals surface area contributed by atoms with Crippen LogP contribution in [-0.2, 0) is 14.6 Å². The summed E-state index contributed by atoms with van der Waals surface area (Å²) in [5.41, 5.74) is 0. The van der Waals surface area contributed by atoms with Crippen LogP contribution in [-0.4, -0.2) is 61.6 Å². The summed E-state index contributed by atoms with van der Waals surface area (Å²) < 4.78 is 21.9. The van der Waals surface area contributed by atoms with Gasteiger partial charge < -0.3 is 15.3 Å². The number of urea groups is 1. The number of aliphatic carboxylic acids is 1. The average molecular weight is 294 g/mol. The summed E-state index contributed by atoms with van der Waals surface area (Å²) >= 11 is 0. The summed E-state index contributed by atoms with van der Waals surface area (Å²) in [5.74, 6) is -0.910. The molecule has 7 nitrogen and oxygen atoms in total. The highest BCUT2D eigenvalue weighted by atomic mass is 32.2. The molecule has 0 bridgehead atoms. The molecule has 0 rings (SSSR count). The normalized spacial score (nSPS) is 12.0. The lowest BCUT2D eigenvalue weighted by Gasteiger charge is -2.25. The van der Waals surface area contributed by atoms with E-state index < -0.39 is 26.6 Å². The van der Waals surface area contributed by atoms with Crippen LogP contribution in [0.4, 0.5) is 4.79 Å². The molecular formula is C11H22N2O5S. The van der Waals surface area contributed by atoms with E-state index in [4.69, 9.17) is 5.11 Å². The van der Waals surface area contributed by atoms with Crippen molar-refractivity contribution in [1.82, 2.24) is 10.2 Å². The molecule has 2 amide bonds. The van der Waals surface area contributed by atoms with Crippen LogP contribution in [0.25, 0.3) is 0 Å². The number of rotatable bonds is 7. The Morgan fingerprint density at radius 3 is 2.26 bits per heavy atom. The van der Waals surface area contributed by atoms with Crippen LogP contribution in [0, 0.1) is 0 Å². The molecule has 2 N–H and O–H groups in total. The van der Waals surface area contributed by atoms with Gasteiger partial charge in [-0.15, -0.1) is 0 Å². The Labute approximate surface area is 113 Å². The van der Waals surface area contributed by atoms with Gasteiger partial charge in [-0.2, -0.15) is 0 Å². The van der Waals surface area contributed by atoms with Crippen molar-refractivity contribution in [3.8, 4) is 0 Å². The molecule has 0 unspecified atom stereocenters. The Kier molecular flexibility index (Phi) is 6.28. The molecule has 0 heterocycles. The Hall–Kier alpha value is -1.31. The highest BCUT2D eigenvalue weighted by Crippen LogP contribution is 2.13. The van der Waals surface area contributed by atoms with Gasteiger partial charge in [0.15, 0.2) is 9.84 Å². The van der Waals surface area contributed by atoms with E-state index in [-0.39, 0.29) is 13.0 Å². The predicted octanol–water partition coefficient (Wildman–Crippen LogP) is 0.316. The lowest BCUT2D eigenvalue weighted by Crippen LogP contribution is -2.47. The molecule has 0 aromatic rings. The zero-order valence-electron chi connectivity index (χ0n) is 11.8. The molecule has 112 valence electrons. The van der Waals surface area contributed by atoms with Gasteiger partial charge in [0.2, 0.25) is 0 Å². The maximum atomic E-state index is 11.7. The summed E-state index contributed by atoms with van der Waals surface area (Å²) in [5, 5.41) is 11.0. The van der Waals surface area contributed by atoms with E-state index in [9.17, 15) is 18.0 Å². The standard InChI is InChI=1S/C11H22N2O5S/c1-11(2,19(4,17)18)8-12-10(16)13(3)7-5-6-9(14)15/h5-8H2,1-4H3,(H,12,16)(H,14,15). The molecule has 0 saturated heterocycles. The molecule has 0 aromatic carbocycles. The zero-order chi connectivity index (χ0) is 15.3. The third-order valence-corrected chi connectivity index (χ3v) is 5.05. The number of carbonyl (C=O) groups excluding carboxylic acids is 1. The van der Waals surface area contributed by atoms with Crippen molar-refractivity contribution in [3.63, 3.8) is 0 Å². The lowest BCUT2D eigenvalue weighted by atomic mass is 10.2. The minimum absolute atomic E-state index is 0.00749. The smallest absolute Gasteiger partial charge is 0.317 e. The molecule has 0 aliphatic carbocycles. The molecule has 0 aliphatic rings. The monoisotopic (exact) mass is 294 g/mol. The Balaban J connectivity index is 4.21. The van der Waals surface area contributed by atoms with E-state index in [2.05, 4.69) is 5.32 Å². The third-order valence-electron chi connectivity index (χ3n) is 2.90. The van der Waals surface area contributed by atoms with Gasteiger partial charge in [0.25, 0.3) is 0 Å². The summed E-state index contributed by atoms with van der Waals surface area (Å²) in [4.78, 5) is 23.3. The molecule has 0 radical (unpaired) electrons. The van der Waals surface area contributed by atoms with E-state index in [1.807, 2.05) is 0 Å². The first kappa shape index (κ1) is 17.7. The number of amides is 2. The number of carboxylic acid groups (broad SMARTS) is 1. The van der Waals surface area contributed by atoms with Gasteiger partial charge in [-0.25, -0.2) is 13.2 Å². The Bertz CT molecular complexity index is 430. The van der Waals surface area contributed by atoms with Crippen molar-refractivity contribution in [3.05, 3.63) is 0 Å². The van der Waals surface area contributed by atoms with Crippen molar-refractivity contribution in [2.75, 3.05) is 26.4 Å². The molecular weight excluding hydrogens is 272 g/mol. The van der Waals surface area contributed by atoms with Crippen LogP contribution in [0.2, 0.25) is 0 Å². The zero-order valence-corrected chi connectivity index (χ0v) is 12.6. The quantitative estimate of drug-likeness (QED) is 0.703. The molecule has 0 aromatic heterocycles. The van der Waals surface area contributed by atoms with Crippen LogP contribution in [0.15, 0.2) is 0 Å². The first-order valence-corrected chi connectivity index (χ1v) is 7.77. The second kappa shape index (κ2) is 6.74. The van der Waals surface area contributed by atoms with Gasteiger partial charge >= 0.3 is 12.0 Å². The molecule has 0 aliphatic heterocycles. The van der Waals surface area contributed by atoms with Gasteiger partial charge in [-0.1, -0.05) is 0 Å². The van der Waals surface area contributed by atoms with Gasteiger partial charge in [0.05, 0.1) is 4.75 Å². The lowest BCUT2D eigenvalue weighted by molar-refractivity contribution is -0.137. The Morgan fingerprint density at radius 1 is 1.32 bits per heavy atom. The van der Waals surface area contributed by atoms with E-state index in [0.29, 0.717) is 13.0 Å². The summed E-state index contributed by atoms with van der Waals surface area (Å²) in [6.07, 6.45) is 1.47. The van der Waals surface area contributed by atoms with Crippen LogP contribution >= 0.6 is 0 Å². The number of carboxylic acids is 1. The van der Waals surface area contributed by atoms with E-state index >= 15 is 0 Å². The topological polar surface area (TPSA) is 104 Å². The Morgan fingerprint density at radius 2 is 1.84 bits per heavy atom. The van der Waals surface area contributed by atoms with Gasteiger partial charge in [0.1, 0.15) is 0 Å². The number of hydrogen-bond donors (Lipinski definition) is 2. The van der Waals surface area contributed by atoms with Gasteiger partial charge in [0, 0.05) is 32.8 Å². The van der Waals surface area contributed by atoms with E-state index in [1.165, 1.54) is 25.8 Å². The number of sulfone groups is 1. The van der Waals surface area contributed by atoms with Crippen molar-refractivity contribution in [1.29, 1.82) is 0 Å². The van der Waals surface area contributed by atoms with Crippen molar-refractivity contribution in [2.24, 2.45) is 0 Å². The molecule has 8 heteroatoms. The number of carbonyl (C=O) groups is 2. The highest BCUT2D eigenvalue weighted by molar-refractivity contribution is 7.92. The number of nitrogens with zero attached hydrogens (tertiary/aromatic N) is 1. The summed E-state index contributed by atoms with van der Waals surface area (Å²) in [6, 6.07) is -0.415. The van der Waals surface area contributed by atoms with Crippen molar-refractivity contribution >= 4 is 21.8 Å². The first-order chi connectivity index (χ1) is 8.47. The summed E-state index contributed by atoms with van der Waals surface area (Å²) in [6.45, 7) is 3.38. The minimum Gasteiger partial charge on any atom is -0.481 e. The molecule has 0 fully saturated rings.